The molecule has 0 bridgehead atoms. The zero-order valence-electron chi connectivity index (χ0n) is 9.59. The second-order valence-electron chi connectivity index (χ2n) is 4.83. The third-order valence-corrected chi connectivity index (χ3v) is 3.72. The van der Waals surface area contributed by atoms with Gasteiger partial charge in [0.25, 0.3) is 0 Å². The Balaban J connectivity index is 2.02. The number of nitrogens with one attached hydrogen (secondary N) is 1. The van der Waals surface area contributed by atoms with Gasteiger partial charge in [0, 0.05) is 12.0 Å². The van der Waals surface area contributed by atoms with Crippen LogP contribution in [0.2, 0.25) is 0 Å². The first-order valence-corrected chi connectivity index (χ1v) is 6.25. The van der Waals surface area contributed by atoms with Crippen molar-refractivity contribution >= 4 is 5.78 Å². The molecule has 2 aliphatic rings. The standard InChI is InChI=1S/C13H21NO/c1-10-12(8-9-14-10)13(15)11-6-4-2-3-5-7-11/h6,10,12,14H,2-5,7-9H2,1H3. The molecular formula is C13H21NO. The lowest BCUT2D eigenvalue weighted by Gasteiger charge is -2.15. The Morgan fingerprint density at radius 2 is 2.27 bits per heavy atom. The Bertz CT molecular complexity index is 270. The molecular weight excluding hydrogens is 186 g/mol. The zero-order valence-corrected chi connectivity index (χ0v) is 9.59. The van der Waals surface area contributed by atoms with Gasteiger partial charge in [-0.3, -0.25) is 4.79 Å². The average molecular weight is 207 g/mol. The summed E-state index contributed by atoms with van der Waals surface area (Å²) >= 11 is 0. The molecule has 0 saturated carbocycles. The molecule has 2 nitrogen and oxygen atoms in total. The molecule has 1 saturated heterocycles. The van der Waals surface area contributed by atoms with Crippen LogP contribution in [0.5, 0.6) is 0 Å². The van der Waals surface area contributed by atoms with E-state index in [1.54, 1.807) is 0 Å². The summed E-state index contributed by atoms with van der Waals surface area (Å²) in [6.45, 7) is 3.14. The molecule has 1 fully saturated rings. The Labute approximate surface area is 92.1 Å². The maximum absolute atomic E-state index is 12.3. The lowest BCUT2D eigenvalue weighted by molar-refractivity contribution is -0.119. The van der Waals surface area contributed by atoms with Gasteiger partial charge in [0.1, 0.15) is 0 Å². The minimum atomic E-state index is 0.245. The number of hydrogen-bond donors (Lipinski definition) is 1. The van der Waals surface area contributed by atoms with Crippen molar-refractivity contribution in [1.82, 2.24) is 5.32 Å². The Morgan fingerprint density at radius 1 is 1.40 bits per heavy atom. The van der Waals surface area contributed by atoms with E-state index in [-0.39, 0.29) is 5.92 Å². The van der Waals surface area contributed by atoms with Gasteiger partial charge in [-0.1, -0.05) is 12.5 Å². The van der Waals surface area contributed by atoms with Gasteiger partial charge in [0.05, 0.1) is 0 Å². The predicted molar refractivity (Wildman–Crippen MR) is 61.7 cm³/mol. The van der Waals surface area contributed by atoms with E-state index in [4.69, 9.17) is 0 Å². The summed E-state index contributed by atoms with van der Waals surface area (Å²) in [5.41, 5.74) is 1.12. The van der Waals surface area contributed by atoms with E-state index >= 15 is 0 Å². The largest absolute Gasteiger partial charge is 0.313 e. The first-order chi connectivity index (χ1) is 7.29. The van der Waals surface area contributed by atoms with Crippen molar-refractivity contribution in [2.75, 3.05) is 6.54 Å². The fourth-order valence-electron chi connectivity index (χ4n) is 2.69. The maximum atomic E-state index is 12.3. The van der Waals surface area contributed by atoms with Crippen LogP contribution in [0, 0.1) is 5.92 Å². The van der Waals surface area contributed by atoms with E-state index in [0.29, 0.717) is 11.8 Å². The first kappa shape index (κ1) is 10.9. The number of Topliss-reactive ketones (excluding diaryl/α,β-unsaturated/α-hetero) is 1. The second-order valence-corrected chi connectivity index (χ2v) is 4.83. The van der Waals surface area contributed by atoms with E-state index in [1.807, 2.05) is 0 Å². The molecule has 1 aliphatic heterocycles. The molecule has 0 spiro atoms. The molecule has 1 heterocycles. The summed E-state index contributed by atoms with van der Waals surface area (Å²) in [4.78, 5) is 12.3. The molecule has 0 radical (unpaired) electrons. The van der Waals surface area contributed by atoms with Gasteiger partial charge in [-0.15, -0.1) is 0 Å². The highest BCUT2D eigenvalue weighted by atomic mass is 16.1. The molecule has 15 heavy (non-hydrogen) atoms. The quantitative estimate of drug-likeness (QED) is 0.753. The first-order valence-electron chi connectivity index (χ1n) is 6.25. The summed E-state index contributed by atoms with van der Waals surface area (Å²) < 4.78 is 0. The Hall–Kier alpha value is -0.630. The molecule has 1 aliphatic carbocycles. The fourth-order valence-corrected chi connectivity index (χ4v) is 2.69. The number of carbonyl (C=O) groups excluding carboxylic acids is 1. The minimum Gasteiger partial charge on any atom is -0.313 e. The van der Waals surface area contributed by atoms with Crippen LogP contribution in [0.1, 0.15) is 45.4 Å². The van der Waals surface area contributed by atoms with Gasteiger partial charge in [-0.2, -0.15) is 0 Å². The van der Waals surface area contributed by atoms with Crippen LogP contribution in [0.15, 0.2) is 11.6 Å². The van der Waals surface area contributed by atoms with E-state index in [0.717, 1.165) is 31.4 Å². The van der Waals surface area contributed by atoms with E-state index < -0.39 is 0 Å². The van der Waals surface area contributed by atoms with Gasteiger partial charge >= 0.3 is 0 Å². The normalized spacial score (nSPS) is 32.2. The highest BCUT2D eigenvalue weighted by Crippen LogP contribution is 2.25. The molecule has 84 valence electrons. The topological polar surface area (TPSA) is 29.1 Å². The minimum absolute atomic E-state index is 0.245. The zero-order chi connectivity index (χ0) is 10.7. The van der Waals surface area contributed by atoms with Crippen LogP contribution < -0.4 is 5.32 Å². The van der Waals surface area contributed by atoms with Gasteiger partial charge in [-0.25, -0.2) is 0 Å². The Kier molecular flexibility index (Phi) is 3.57. The van der Waals surface area contributed by atoms with Gasteiger partial charge in [0.15, 0.2) is 5.78 Å². The predicted octanol–water partition coefficient (Wildman–Crippen LogP) is 2.44. The lowest BCUT2D eigenvalue weighted by atomic mass is 9.90. The molecule has 2 atom stereocenters. The average Bonchev–Trinajstić information content (AvgIpc) is 2.53. The van der Waals surface area contributed by atoms with Crippen molar-refractivity contribution in [1.29, 1.82) is 0 Å². The van der Waals surface area contributed by atoms with Crippen LogP contribution >= 0.6 is 0 Å². The molecule has 0 aromatic rings. The van der Waals surface area contributed by atoms with E-state index in [1.165, 1.54) is 19.3 Å². The van der Waals surface area contributed by atoms with Crippen LogP contribution in [0.3, 0.4) is 0 Å². The monoisotopic (exact) mass is 207 g/mol. The van der Waals surface area contributed by atoms with Crippen LogP contribution in [0.4, 0.5) is 0 Å². The Morgan fingerprint density at radius 3 is 3.00 bits per heavy atom. The van der Waals surface area contributed by atoms with Crippen LogP contribution in [0.25, 0.3) is 0 Å². The second kappa shape index (κ2) is 4.93. The smallest absolute Gasteiger partial charge is 0.163 e. The molecule has 2 unspecified atom stereocenters. The highest BCUT2D eigenvalue weighted by molar-refractivity contribution is 5.97. The van der Waals surface area contributed by atoms with Crippen LogP contribution in [-0.4, -0.2) is 18.4 Å². The SMILES string of the molecule is CC1NCCC1C(=O)C1=CCCCCC1. The highest BCUT2D eigenvalue weighted by Gasteiger charge is 2.30. The van der Waals surface area contributed by atoms with Crippen molar-refractivity contribution < 1.29 is 4.79 Å². The van der Waals surface area contributed by atoms with Crippen molar-refractivity contribution in [3.63, 3.8) is 0 Å². The van der Waals surface area contributed by atoms with Gasteiger partial charge in [0.2, 0.25) is 0 Å². The number of rotatable bonds is 2. The molecule has 0 aromatic carbocycles. The lowest BCUT2D eigenvalue weighted by Crippen LogP contribution is -2.29. The molecule has 1 N–H and O–H groups in total. The van der Waals surface area contributed by atoms with E-state index in [2.05, 4.69) is 18.3 Å². The van der Waals surface area contributed by atoms with Crippen molar-refractivity contribution in [3.8, 4) is 0 Å². The number of ketones is 1. The molecule has 0 aromatic heterocycles. The van der Waals surface area contributed by atoms with Crippen molar-refractivity contribution in [2.45, 2.75) is 51.5 Å². The molecule has 2 heteroatoms. The molecule has 2 rings (SSSR count). The van der Waals surface area contributed by atoms with Crippen LogP contribution in [-0.2, 0) is 4.79 Å². The van der Waals surface area contributed by atoms with Crippen molar-refractivity contribution in [2.24, 2.45) is 5.92 Å². The summed E-state index contributed by atoms with van der Waals surface area (Å²) in [6, 6.07) is 0.377. The maximum Gasteiger partial charge on any atom is 0.163 e. The third-order valence-electron chi connectivity index (χ3n) is 3.72. The van der Waals surface area contributed by atoms with Crippen molar-refractivity contribution in [3.05, 3.63) is 11.6 Å². The molecule has 0 amide bonds. The number of hydrogen-bond acceptors (Lipinski definition) is 2. The summed E-state index contributed by atoms with van der Waals surface area (Å²) in [5, 5.41) is 3.36. The van der Waals surface area contributed by atoms with Gasteiger partial charge in [-0.05, 0) is 51.1 Å². The van der Waals surface area contributed by atoms with Gasteiger partial charge < -0.3 is 5.32 Å². The summed E-state index contributed by atoms with van der Waals surface area (Å²) in [5.74, 6) is 0.670. The fraction of sp³-hybridized carbons (Fsp3) is 0.769. The number of carbonyl (C=O) groups is 1. The third kappa shape index (κ3) is 2.49. The van der Waals surface area contributed by atoms with E-state index in [9.17, 15) is 4.79 Å². The number of allylic oxidation sites excluding steroid dienone is 2. The summed E-state index contributed by atoms with van der Waals surface area (Å²) in [7, 11) is 0. The summed E-state index contributed by atoms with van der Waals surface area (Å²) in [6.07, 6.45) is 9.09.